The number of benzene rings is 2. The van der Waals surface area contributed by atoms with Crippen molar-refractivity contribution in [3.8, 4) is 11.8 Å². The fourth-order valence-electron chi connectivity index (χ4n) is 3.46. The summed E-state index contributed by atoms with van der Waals surface area (Å²) < 4.78 is 0.993. The first-order valence-electron chi connectivity index (χ1n) is 8.79. The Morgan fingerprint density at radius 3 is 1.84 bits per heavy atom. The van der Waals surface area contributed by atoms with Gasteiger partial charge in [0, 0.05) is 11.1 Å². The fourth-order valence-corrected chi connectivity index (χ4v) is 3.46. The second-order valence-electron chi connectivity index (χ2n) is 7.03. The number of quaternary nitrogens is 1. The van der Waals surface area contributed by atoms with E-state index in [0.717, 1.165) is 22.2 Å². The van der Waals surface area contributed by atoms with Crippen molar-refractivity contribution in [3.63, 3.8) is 0 Å². The van der Waals surface area contributed by atoms with Crippen molar-refractivity contribution in [1.82, 2.24) is 0 Å². The van der Waals surface area contributed by atoms with Crippen LogP contribution in [0.5, 0.6) is 0 Å². The van der Waals surface area contributed by atoms with E-state index in [1.165, 1.54) is 32.4 Å². The molecule has 1 heterocycles. The standard InChI is InChI=1S/C22H26NO.ClH/c1-23(17-9-4-10-18-23)19-11-16-22(24,20-12-5-2-6-13-20)21-14-7-3-8-15-21;/h2-3,5-8,12-15,24H,4,9-10,17-19H2,1H3;1H/q+1;/p-1. The van der Waals surface area contributed by atoms with Crippen molar-refractivity contribution >= 4 is 0 Å². The predicted octanol–water partition coefficient (Wildman–Crippen LogP) is 0.560. The maximum atomic E-state index is 11.4. The van der Waals surface area contributed by atoms with Crippen LogP contribution in [0.15, 0.2) is 60.7 Å². The Morgan fingerprint density at radius 1 is 0.880 bits per heavy atom. The van der Waals surface area contributed by atoms with Crippen LogP contribution in [0, 0.1) is 11.8 Å². The number of halogens is 1. The smallest absolute Gasteiger partial charge is 0.177 e. The molecule has 1 aliphatic heterocycles. The second-order valence-corrected chi connectivity index (χ2v) is 7.03. The van der Waals surface area contributed by atoms with Crippen LogP contribution < -0.4 is 12.4 Å². The van der Waals surface area contributed by atoms with Gasteiger partial charge in [-0.1, -0.05) is 66.6 Å². The van der Waals surface area contributed by atoms with Gasteiger partial charge in [-0.05, 0) is 25.2 Å². The monoisotopic (exact) mass is 355 g/mol. The summed E-state index contributed by atoms with van der Waals surface area (Å²) in [6.07, 6.45) is 3.89. The molecule has 0 saturated carbocycles. The second kappa shape index (κ2) is 8.54. The highest BCUT2D eigenvalue weighted by molar-refractivity contribution is 5.44. The Labute approximate surface area is 157 Å². The Hall–Kier alpha value is -1.79. The van der Waals surface area contributed by atoms with Gasteiger partial charge in [-0.3, -0.25) is 0 Å². The molecule has 3 heteroatoms. The van der Waals surface area contributed by atoms with Gasteiger partial charge in [0.25, 0.3) is 0 Å². The summed E-state index contributed by atoms with van der Waals surface area (Å²) in [5, 5.41) is 11.4. The Bertz CT molecular complexity index is 672. The van der Waals surface area contributed by atoms with Gasteiger partial charge in [-0.15, -0.1) is 0 Å². The van der Waals surface area contributed by atoms with Crippen LogP contribution in [0.4, 0.5) is 0 Å². The third-order valence-electron chi connectivity index (χ3n) is 5.01. The summed E-state index contributed by atoms with van der Waals surface area (Å²) in [4.78, 5) is 0. The normalized spacial score (nSPS) is 16.2. The molecule has 1 fully saturated rings. The maximum Gasteiger partial charge on any atom is 0.177 e. The Morgan fingerprint density at radius 2 is 1.36 bits per heavy atom. The van der Waals surface area contributed by atoms with Crippen molar-refractivity contribution < 1.29 is 22.0 Å². The van der Waals surface area contributed by atoms with Crippen LogP contribution >= 0.6 is 0 Å². The molecule has 0 atom stereocenters. The third kappa shape index (κ3) is 4.64. The first-order chi connectivity index (χ1) is 11.6. The molecule has 0 spiro atoms. The van der Waals surface area contributed by atoms with Gasteiger partial charge < -0.3 is 22.0 Å². The minimum Gasteiger partial charge on any atom is -1.00 e. The molecule has 25 heavy (non-hydrogen) atoms. The number of nitrogens with zero attached hydrogens (tertiary/aromatic N) is 1. The van der Waals surface area contributed by atoms with Crippen LogP contribution in [0.25, 0.3) is 0 Å². The van der Waals surface area contributed by atoms with Gasteiger partial charge in [-0.2, -0.15) is 0 Å². The molecule has 1 N–H and O–H groups in total. The zero-order chi connectivity index (χ0) is 16.9. The van der Waals surface area contributed by atoms with E-state index in [-0.39, 0.29) is 12.4 Å². The fraction of sp³-hybridized carbons (Fsp3) is 0.364. The lowest BCUT2D eigenvalue weighted by Gasteiger charge is -2.36. The molecule has 3 rings (SSSR count). The summed E-state index contributed by atoms with van der Waals surface area (Å²) in [5.41, 5.74) is 0.396. The predicted molar refractivity (Wildman–Crippen MR) is 98.3 cm³/mol. The number of aliphatic hydroxyl groups is 1. The number of hydrogen-bond acceptors (Lipinski definition) is 1. The van der Waals surface area contributed by atoms with Crippen molar-refractivity contribution in [3.05, 3.63) is 71.8 Å². The van der Waals surface area contributed by atoms with Crippen molar-refractivity contribution in [2.75, 3.05) is 26.7 Å². The van der Waals surface area contributed by atoms with E-state index in [0.29, 0.717) is 0 Å². The molecular formula is C22H26ClNO. The average Bonchev–Trinajstić information content (AvgIpc) is 2.63. The lowest BCUT2D eigenvalue weighted by molar-refractivity contribution is -0.907. The lowest BCUT2D eigenvalue weighted by Crippen LogP contribution is -3.00. The largest absolute Gasteiger partial charge is 1.00 e. The molecule has 0 bridgehead atoms. The van der Waals surface area contributed by atoms with E-state index in [9.17, 15) is 5.11 Å². The van der Waals surface area contributed by atoms with E-state index >= 15 is 0 Å². The highest BCUT2D eigenvalue weighted by Crippen LogP contribution is 2.28. The summed E-state index contributed by atoms with van der Waals surface area (Å²) >= 11 is 0. The summed E-state index contributed by atoms with van der Waals surface area (Å²) in [6.45, 7) is 3.16. The van der Waals surface area contributed by atoms with Crippen molar-refractivity contribution in [2.24, 2.45) is 0 Å². The lowest BCUT2D eigenvalue weighted by atomic mass is 9.87. The molecular weight excluding hydrogens is 330 g/mol. The molecule has 0 aromatic heterocycles. The molecule has 132 valence electrons. The third-order valence-corrected chi connectivity index (χ3v) is 5.01. The average molecular weight is 356 g/mol. The molecule has 1 saturated heterocycles. The van der Waals surface area contributed by atoms with E-state index in [1.807, 2.05) is 60.7 Å². The number of likely N-dealkylation sites (tertiary alicyclic amines) is 1. The summed E-state index contributed by atoms with van der Waals surface area (Å²) in [5.74, 6) is 6.50. The van der Waals surface area contributed by atoms with E-state index in [2.05, 4.69) is 18.9 Å². The van der Waals surface area contributed by atoms with Crippen LogP contribution in [0.2, 0.25) is 0 Å². The zero-order valence-electron chi connectivity index (χ0n) is 14.8. The maximum absolute atomic E-state index is 11.4. The van der Waals surface area contributed by atoms with Crippen molar-refractivity contribution in [1.29, 1.82) is 0 Å². The first-order valence-corrected chi connectivity index (χ1v) is 8.79. The molecule has 2 aromatic carbocycles. The van der Waals surface area contributed by atoms with E-state index in [4.69, 9.17) is 0 Å². The van der Waals surface area contributed by atoms with Gasteiger partial charge in [0.05, 0.1) is 20.1 Å². The van der Waals surface area contributed by atoms with Gasteiger partial charge in [0.2, 0.25) is 0 Å². The quantitative estimate of drug-likeness (QED) is 0.630. The molecule has 0 aliphatic carbocycles. The van der Waals surface area contributed by atoms with E-state index in [1.54, 1.807) is 0 Å². The summed E-state index contributed by atoms with van der Waals surface area (Å²) in [6, 6.07) is 19.5. The summed E-state index contributed by atoms with van der Waals surface area (Å²) in [7, 11) is 2.28. The van der Waals surface area contributed by atoms with Gasteiger partial charge in [-0.25, -0.2) is 0 Å². The topological polar surface area (TPSA) is 20.2 Å². The SMILES string of the molecule is C[N+]1(CC#CC(O)(c2ccccc2)c2ccccc2)CCCCC1.[Cl-]. The minimum absolute atomic E-state index is 0. The van der Waals surface area contributed by atoms with Crippen molar-refractivity contribution in [2.45, 2.75) is 24.9 Å². The van der Waals surface area contributed by atoms with Gasteiger partial charge in [0.15, 0.2) is 5.60 Å². The zero-order valence-corrected chi connectivity index (χ0v) is 15.5. The van der Waals surface area contributed by atoms with E-state index < -0.39 is 5.60 Å². The molecule has 2 aromatic rings. The van der Waals surface area contributed by atoms with Gasteiger partial charge >= 0.3 is 0 Å². The number of rotatable bonds is 3. The van der Waals surface area contributed by atoms with Crippen LogP contribution in [-0.2, 0) is 5.60 Å². The number of hydrogen-bond donors (Lipinski definition) is 1. The van der Waals surface area contributed by atoms with Crippen LogP contribution in [-0.4, -0.2) is 36.3 Å². The highest BCUT2D eigenvalue weighted by atomic mass is 35.5. The highest BCUT2D eigenvalue weighted by Gasteiger charge is 2.30. The molecule has 1 aliphatic rings. The molecule has 0 radical (unpaired) electrons. The van der Waals surface area contributed by atoms with Crippen LogP contribution in [0.3, 0.4) is 0 Å². The Kier molecular flexibility index (Phi) is 6.67. The first kappa shape index (κ1) is 19.5. The molecule has 0 unspecified atom stereocenters. The molecule has 0 amide bonds. The van der Waals surface area contributed by atoms with Gasteiger partial charge in [0.1, 0.15) is 6.54 Å². The molecule has 2 nitrogen and oxygen atoms in total. The number of piperidine rings is 1. The van der Waals surface area contributed by atoms with Crippen LogP contribution in [0.1, 0.15) is 30.4 Å². The minimum atomic E-state index is -1.25. The Balaban J connectivity index is 0.00000225.